The summed E-state index contributed by atoms with van der Waals surface area (Å²) in [6.45, 7) is 17.5. The zero-order chi connectivity index (χ0) is 30.8. The summed E-state index contributed by atoms with van der Waals surface area (Å²) in [5.74, 6) is -1.04. The Bertz CT molecular complexity index is 1260. The number of ether oxygens (including phenoxy) is 4. The number of carbonyl (C=O) groups excluding carboxylic acids is 3. The standard InChI is InChI=1S/C34H48O8/c1-17(35)39-26-15-24-30(3,4)25(38)12-13-32(24,7)27-21(37)16-33(8)20(10-11-23(33)34(26,27)9)19-14-22(28-31(5,6)42-28)41-29(19)40-18(2)36/h11-13,19-22,24,26-29,37H,10,14-16H2,1-9H3/t19-,20-,21+,22+,24-,26+,27+,28-,29?,32-,33-,34+/m0/s1. The Morgan fingerprint density at radius 2 is 1.64 bits per heavy atom. The number of carbonyl (C=O) groups is 3. The van der Waals surface area contributed by atoms with Crippen LogP contribution in [-0.2, 0) is 33.3 Å². The minimum Gasteiger partial charge on any atom is -0.462 e. The summed E-state index contributed by atoms with van der Waals surface area (Å²) in [7, 11) is 0. The van der Waals surface area contributed by atoms with Crippen LogP contribution >= 0.6 is 0 Å². The van der Waals surface area contributed by atoms with Gasteiger partial charge < -0.3 is 24.1 Å². The lowest BCUT2D eigenvalue weighted by Crippen LogP contribution is -2.68. The number of aliphatic hydroxyl groups is 1. The third-order valence-electron chi connectivity index (χ3n) is 12.6. The molecular weight excluding hydrogens is 536 g/mol. The molecule has 6 rings (SSSR count). The van der Waals surface area contributed by atoms with Crippen molar-refractivity contribution in [1.29, 1.82) is 0 Å². The first-order valence-corrected chi connectivity index (χ1v) is 15.7. The van der Waals surface area contributed by atoms with Gasteiger partial charge in [-0.05, 0) is 68.3 Å². The lowest BCUT2D eigenvalue weighted by Gasteiger charge is -2.67. The summed E-state index contributed by atoms with van der Waals surface area (Å²) in [4.78, 5) is 37.8. The zero-order valence-electron chi connectivity index (χ0n) is 26.6. The third-order valence-corrected chi connectivity index (χ3v) is 12.6. The van der Waals surface area contributed by atoms with E-state index in [0.717, 1.165) is 6.42 Å². The summed E-state index contributed by atoms with van der Waals surface area (Å²) < 4.78 is 24.2. The fraction of sp³-hybridized carbons (Fsp3) is 0.794. The molecule has 1 unspecified atom stereocenters. The Kier molecular flexibility index (Phi) is 6.60. The van der Waals surface area contributed by atoms with E-state index < -0.39 is 40.2 Å². The zero-order valence-corrected chi connectivity index (χ0v) is 26.6. The maximum atomic E-state index is 13.1. The van der Waals surface area contributed by atoms with Crippen LogP contribution in [0.5, 0.6) is 0 Å². The van der Waals surface area contributed by atoms with Crippen molar-refractivity contribution in [3.8, 4) is 0 Å². The molecule has 8 nitrogen and oxygen atoms in total. The summed E-state index contributed by atoms with van der Waals surface area (Å²) >= 11 is 0. The minimum atomic E-state index is -0.701. The Morgan fingerprint density at radius 3 is 2.24 bits per heavy atom. The van der Waals surface area contributed by atoms with Gasteiger partial charge in [-0.25, -0.2) is 0 Å². The Labute approximate surface area is 249 Å². The third kappa shape index (κ3) is 4.07. The average Bonchev–Trinajstić information content (AvgIpc) is 3.14. The van der Waals surface area contributed by atoms with E-state index in [-0.39, 0.29) is 59.2 Å². The molecule has 4 aliphatic carbocycles. The van der Waals surface area contributed by atoms with E-state index in [1.807, 2.05) is 33.8 Å². The Balaban J connectivity index is 1.40. The molecule has 12 atom stereocenters. The largest absolute Gasteiger partial charge is 0.462 e. The first kappa shape index (κ1) is 30.0. The van der Waals surface area contributed by atoms with Crippen LogP contribution in [0, 0.1) is 45.3 Å². The number of rotatable bonds is 4. The Hall–Kier alpha value is -2.03. The molecule has 42 heavy (non-hydrogen) atoms. The second kappa shape index (κ2) is 9.24. The Morgan fingerprint density at radius 1 is 1.00 bits per heavy atom. The van der Waals surface area contributed by atoms with Crippen LogP contribution in [0.1, 0.15) is 88.0 Å². The normalized spacial score (nSPS) is 49.8. The molecule has 0 spiro atoms. The minimum absolute atomic E-state index is 0.0474. The predicted molar refractivity (Wildman–Crippen MR) is 154 cm³/mol. The monoisotopic (exact) mass is 584 g/mol. The second-order valence-electron chi connectivity index (χ2n) is 15.8. The van der Waals surface area contributed by atoms with Gasteiger partial charge in [0.1, 0.15) is 12.2 Å². The number of ketones is 1. The fourth-order valence-electron chi connectivity index (χ4n) is 10.8. The molecule has 2 saturated carbocycles. The number of fused-ring (bicyclic) bond motifs is 5. The van der Waals surface area contributed by atoms with Gasteiger partial charge in [0.2, 0.25) is 6.29 Å². The maximum Gasteiger partial charge on any atom is 0.304 e. The smallest absolute Gasteiger partial charge is 0.304 e. The first-order chi connectivity index (χ1) is 19.4. The number of aliphatic hydroxyl groups excluding tert-OH is 1. The van der Waals surface area contributed by atoms with Gasteiger partial charge >= 0.3 is 11.9 Å². The average molecular weight is 585 g/mol. The quantitative estimate of drug-likeness (QED) is 0.282. The number of allylic oxidation sites excluding steroid dienone is 3. The van der Waals surface area contributed by atoms with Gasteiger partial charge in [0.15, 0.2) is 5.78 Å². The summed E-state index contributed by atoms with van der Waals surface area (Å²) in [6.07, 6.45) is 6.46. The molecule has 0 amide bonds. The van der Waals surface area contributed by atoms with Crippen LogP contribution in [0.15, 0.2) is 23.8 Å². The van der Waals surface area contributed by atoms with Crippen LogP contribution in [0.3, 0.4) is 0 Å². The van der Waals surface area contributed by atoms with E-state index >= 15 is 0 Å². The molecule has 0 radical (unpaired) electrons. The summed E-state index contributed by atoms with van der Waals surface area (Å²) in [6, 6.07) is 0. The molecule has 2 heterocycles. The van der Waals surface area contributed by atoms with Crippen molar-refractivity contribution in [2.45, 2.75) is 124 Å². The molecule has 2 aliphatic heterocycles. The van der Waals surface area contributed by atoms with Crippen LogP contribution in [0.4, 0.5) is 0 Å². The van der Waals surface area contributed by atoms with Crippen molar-refractivity contribution < 1.29 is 38.4 Å². The first-order valence-electron chi connectivity index (χ1n) is 15.7. The van der Waals surface area contributed by atoms with Crippen LogP contribution in [0.2, 0.25) is 0 Å². The van der Waals surface area contributed by atoms with Crippen molar-refractivity contribution in [2.24, 2.45) is 45.3 Å². The lowest BCUT2D eigenvalue weighted by atomic mass is 9.37. The van der Waals surface area contributed by atoms with Crippen LogP contribution in [0.25, 0.3) is 0 Å². The van der Waals surface area contributed by atoms with Gasteiger partial charge in [0.25, 0.3) is 0 Å². The van der Waals surface area contributed by atoms with Gasteiger partial charge in [-0.15, -0.1) is 0 Å². The predicted octanol–water partition coefficient (Wildman–Crippen LogP) is 4.92. The highest BCUT2D eigenvalue weighted by Gasteiger charge is 2.72. The van der Waals surface area contributed by atoms with Gasteiger partial charge in [-0.1, -0.05) is 52.3 Å². The van der Waals surface area contributed by atoms with Crippen molar-refractivity contribution in [3.63, 3.8) is 0 Å². The highest BCUT2D eigenvalue weighted by molar-refractivity contribution is 5.95. The number of hydrogen-bond acceptors (Lipinski definition) is 8. The molecule has 0 bridgehead atoms. The van der Waals surface area contributed by atoms with Crippen LogP contribution in [-0.4, -0.2) is 59.1 Å². The second-order valence-corrected chi connectivity index (χ2v) is 15.8. The van der Waals surface area contributed by atoms with Gasteiger partial charge in [0.05, 0.1) is 17.8 Å². The van der Waals surface area contributed by atoms with E-state index in [1.165, 1.54) is 19.4 Å². The van der Waals surface area contributed by atoms with Crippen molar-refractivity contribution >= 4 is 17.7 Å². The molecule has 0 aromatic rings. The number of hydrogen-bond donors (Lipinski definition) is 1. The van der Waals surface area contributed by atoms with Gasteiger partial charge in [-0.2, -0.15) is 0 Å². The van der Waals surface area contributed by atoms with Gasteiger partial charge in [-0.3, -0.25) is 14.4 Å². The highest BCUT2D eigenvalue weighted by Crippen LogP contribution is 2.73. The lowest BCUT2D eigenvalue weighted by molar-refractivity contribution is -0.213. The van der Waals surface area contributed by atoms with Crippen molar-refractivity contribution in [1.82, 2.24) is 0 Å². The van der Waals surface area contributed by atoms with Crippen LogP contribution < -0.4 is 0 Å². The SMILES string of the molecule is CC(=O)OC1O[C@@H]([C@@H]2OC2(C)C)C[C@H]1[C@@H]1CC=C2[C@@]3(C)[C@H]([C@H](O)C[C@]21C)[C@@]1(C)C=CC(=O)C(C)(C)[C@@H]1C[C@H]3OC(C)=O. The fourth-order valence-corrected chi connectivity index (χ4v) is 10.8. The van der Waals surface area contributed by atoms with E-state index in [2.05, 4.69) is 26.8 Å². The molecule has 2 saturated heterocycles. The molecular formula is C34H48O8. The van der Waals surface area contributed by atoms with E-state index in [4.69, 9.17) is 18.9 Å². The molecule has 0 aromatic heterocycles. The number of epoxide rings is 1. The van der Waals surface area contributed by atoms with E-state index in [1.54, 1.807) is 6.08 Å². The van der Waals surface area contributed by atoms with Crippen molar-refractivity contribution in [3.05, 3.63) is 23.8 Å². The summed E-state index contributed by atoms with van der Waals surface area (Å²) in [5.41, 5.74) is -1.27. The molecule has 8 heteroatoms. The molecule has 0 aromatic carbocycles. The molecule has 6 aliphatic rings. The maximum absolute atomic E-state index is 13.1. The summed E-state index contributed by atoms with van der Waals surface area (Å²) in [5, 5.41) is 12.2. The molecule has 232 valence electrons. The van der Waals surface area contributed by atoms with E-state index in [0.29, 0.717) is 19.3 Å². The number of esters is 2. The highest BCUT2D eigenvalue weighted by atomic mass is 16.7. The van der Waals surface area contributed by atoms with Crippen molar-refractivity contribution in [2.75, 3.05) is 0 Å². The van der Waals surface area contributed by atoms with Gasteiger partial charge in [0, 0.05) is 36.5 Å². The van der Waals surface area contributed by atoms with E-state index in [9.17, 15) is 19.5 Å². The molecule has 4 fully saturated rings. The topological polar surface area (TPSA) is 112 Å². The molecule has 1 N–H and O–H groups in total.